The Morgan fingerprint density at radius 2 is 1.71 bits per heavy atom. The SMILES string of the molecule is NCCCC[C@H](NC(=O)[C@H](Cc1cnc[nH]1)NC(=O)CN)C(=O)O.O=C(O)C(F)(F)F. The molecule has 31 heavy (non-hydrogen) atoms. The number of nitrogens with two attached hydrogens (primary N) is 2. The third kappa shape index (κ3) is 12.2. The third-order valence-electron chi connectivity index (χ3n) is 3.62. The molecule has 0 aliphatic carbocycles. The van der Waals surface area contributed by atoms with E-state index in [0.29, 0.717) is 25.1 Å². The first kappa shape index (κ1) is 27.8. The van der Waals surface area contributed by atoms with Crippen LogP contribution in [0.25, 0.3) is 0 Å². The summed E-state index contributed by atoms with van der Waals surface area (Å²) >= 11 is 0. The predicted octanol–water partition coefficient (Wildman–Crippen LogP) is -1.27. The monoisotopic (exact) mass is 454 g/mol. The number of amides is 2. The van der Waals surface area contributed by atoms with Crippen LogP contribution in [0.2, 0.25) is 0 Å². The summed E-state index contributed by atoms with van der Waals surface area (Å²) < 4.78 is 31.7. The fourth-order valence-corrected chi connectivity index (χ4v) is 2.10. The van der Waals surface area contributed by atoms with Crippen LogP contribution in [0.4, 0.5) is 13.2 Å². The van der Waals surface area contributed by atoms with Crippen molar-refractivity contribution < 1.29 is 42.6 Å². The van der Waals surface area contributed by atoms with Gasteiger partial charge in [-0.05, 0) is 25.8 Å². The third-order valence-corrected chi connectivity index (χ3v) is 3.62. The number of aliphatic carboxylic acids is 2. The van der Waals surface area contributed by atoms with E-state index < -0.39 is 42.0 Å². The maximum atomic E-state index is 12.4. The zero-order valence-electron chi connectivity index (χ0n) is 16.3. The van der Waals surface area contributed by atoms with Gasteiger partial charge in [0.1, 0.15) is 12.1 Å². The molecule has 0 bridgehead atoms. The summed E-state index contributed by atoms with van der Waals surface area (Å²) in [6, 6.07) is -1.99. The number of unbranched alkanes of at least 4 members (excludes halogenated alkanes) is 1. The van der Waals surface area contributed by atoms with Crippen molar-refractivity contribution in [1.82, 2.24) is 20.6 Å². The van der Waals surface area contributed by atoms with Crippen LogP contribution in [-0.2, 0) is 25.6 Å². The van der Waals surface area contributed by atoms with Gasteiger partial charge in [0.05, 0.1) is 12.9 Å². The summed E-state index contributed by atoms with van der Waals surface area (Å²) in [7, 11) is 0. The number of alkyl halides is 3. The molecule has 9 N–H and O–H groups in total. The molecule has 15 heteroatoms. The second-order valence-corrected chi connectivity index (χ2v) is 6.09. The number of carbonyl (C=O) groups is 4. The van der Waals surface area contributed by atoms with Gasteiger partial charge in [-0.3, -0.25) is 9.59 Å². The standard InChI is InChI=1S/C14H24N6O4.C2HF3O2/c15-4-2-1-3-10(14(23)24)20-13(22)11(19-12(21)6-16)5-9-7-17-8-18-9;3-2(4,5)1(6)7/h7-8,10-11H,1-6,15-16H2,(H,17,18)(H,19,21)(H,20,22)(H,23,24);(H,6,7)/t10-,11-;/m0./s1. The van der Waals surface area contributed by atoms with Crippen molar-refractivity contribution in [2.45, 2.75) is 43.9 Å². The van der Waals surface area contributed by atoms with E-state index in [1.54, 1.807) is 0 Å². The Labute approximate surface area is 174 Å². The van der Waals surface area contributed by atoms with Crippen LogP contribution >= 0.6 is 0 Å². The van der Waals surface area contributed by atoms with Crippen LogP contribution in [0.1, 0.15) is 25.0 Å². The lowest BCUT2D eigenvalue weighted by molar-refractivity contribution is -0.192. The second kappa shape index (κ2) is 13.9. The molecule has 0 unspecified atom stereocenters. The molecule has 176 valence electrons. The number of rotatable bonds is 11. The maximum absolute atomic E-state index is 12.4. The van der Waals surface area contributed by atoms with Gasteiger partial charge in [-0.15, -0.1) is 0 Å². The average Bonchev–Trinajstić information content (AvgIpc) is 3.19. The first-order valence-electron chi connectivity index (χ1n) is 8.92. The molecule has 0 aliphatic heterocycles. The number of hydrogen-bond donors (Lipinski definition) is 7. The van der Waals surface area contributed by atoms with Crippen LogP contribution in [-0.4, -0.2) is 75.3 Å². The van der Waals surface area contributed by atoms with Gasteiger partial charge in [0.15, 0.2) is 0 Å². The highest BCUT2D eigenvalue weighted by molar-refractivity contribution is 5.91. The Bertz CT molecular complexity index is 713. The zero-order chi connectivity index (χ0) is 24.0. The number of aromatic amines is 1. The zero-order valence-corrected chi connectivity index (χ0v) is 16.3. The Hall–Kier alpha value is -3.20. The second-order valence-electron chi connectivity index (χ2n) is 6.09. The molecule has 0 aromatic carbocycles. The number of imidazole rings is 1. The summed E-state index contributed by atoms with van der Waals surface area (Å²) in [6.45, 7) is 0.181. The van der Waals surface area contributed by atoms with Gasteiger partial charge >= 0.3 is 18.1 Å². The Kier molecular flexibility index (Phi) is 12.5. The molecule has 1 rings (SSSR count). The van der Waals surface area contributed by atoms with Gasteiger partial charge < -0.3 is 37.3 Å². The lowest BCUT2D eigenvalue weighted by atomic mass is 10.1. The van der Waals surface area contributed by atoms with Crippen molar-refractivity contribution in [1.29, 1.82) is 0 Å². The normalized spacial score (nSPS) is 12.7. The van der Waals surface area contributed by atoms with Gasteiger partial charge in [0, 0.05) is 18.3 Å². The highest BCUT2D eigenvalue weighted by Crippen LogP contribution is 2.13. The van der Waals surface area contributed by atoms with E-state index in [-0.39, 0.29) is 19.4 Å². The maximum Gasteiger partial charge on any atom is 0.490 e. The van der Waals surface area contributed by atoms with Gasteiger partial charge in [0.2, 0.25) is 11.8 Å². The number of halogens is 3. The van der Waals surface area contributed by atoms with Gasteiger partial charge in [-0.1, -0.05) is 0 Å². The molecule has 0 radical (unpaired) electrons. The number of nitrogens with zero attached hydrogens (tertiary/aromatic N) is 1. The van der Waals surface area contributed by atoms with Crippen LogP contribution in [0.15, 0.2) is 12.5 Å². The lowest BCUT2D eigenvalue weighted by Crippen LogP contribution is -2.53. The molecule has 0 aliphatic rings. The average molecular weight is 454 g/mol. The first-order chi connectivity index (χ1) is 14.4. The smallest absolute Gasteiger partial charge is 0.480 e. The Morgan fingerprint density at radius 3 is 2.13 bits per heavy atom. The van der Waals surface area contributed by atoms with E-state index in [2.05, 4.69) is 20.6 Å². The summed E-state index contributed by atoms with van der Waals surface area (Å²) in [6.07, 6.45) is -0.464. The topological polar surface area (TPSA) is 214 Å². The van der Waals surface area contributed by atoms with Crippen molar-refractivity contribution in [2.24, 2.45) is 11.5 Å². The molecule has 1 heterocycles. The van der Waals surface area contributed by atoms with Gasteiger partial charge in [0.25, 0.3) is 0 Å². The lowest BCUT2D eigenvalue weighted by Gasteiger charge is -2.21. The molecule has 12 nitrogen and oxygen atoms in total. The predicted molar refractivity (Wildman–Crippen MR) is 99.4 cm³/mol. The van der Waals surface area contributed by atoms with Gasteiger partial charge in [-0.2, -0.15) is 13.2 Å². The molecule has 1 aromatic heterocycles. The van der Waals surface area contributed by atoms with E-state index in [1.165, 1.54) is 12.5 Å². The quantitative estimate of drug-likeness (QED) is 0.198. The molecule has 2 atom stereocenters. The Balaban J connectivity index is 0.00000110. The van der Waals surface area contributed by atoms with E-state index >= 15 is 0 Å². The number of carboxylic acids is 2. The molecular formula is C16H25F3N6O6. The number of carboxylic acid groups (broad SMARTS) is 2. The number of H-pyrrole nitrogens is 1. The fourth-order valence-electron chi connectivity index (χ4n) is 2.10. The number of aromatic nitrogens is 2. The summed E-state index contributed by atoms with van der Waals surface area (Å²) in [5, 5.41) is 21.3. The molecule has 2 amide bonds. The highest BCUT2D eigenvalue weighted by atomic mass is 19.4. The van der Waals surface area contributed by atoms with E-state index in [9.17, 15) is 32.7 Å². The van der Waals surface area contributed by atoms with Crippen LogP contribution in [0.3, 0.4) is 0 Å². The fraction of sp³-hybridized carbons (Fsp3) is 0.562. The summed E-state index contributed by atoms with van der Waals surface area (Å²) in [5.74, 6) is -4.99. The highest BCUT2D eigenvalue weighted by Gasteiger charge is 2.38. The van der Waals surface area contributed by atoms with Crippen LogP contribution < -0.4 is 22.1 Å². The molecule has 0 saturated carbocycles. The molecular weight excluding hydrogens is 429 g/mol. The van der Waals surface area contributed by atoms with E-state index in [0.717, 1.165) is 0 Å². The van der Waals surface area contributed by atoms with E-state index in [4.69, 9.17) is 21.4 Å². The van der Waals surface area contributed by atoms with Crippen LogP contribution in [0, 0.1) is 0 Å². The minimum absolute atomic E-state index is 0.146. The van der Waals surface area contributed by atoms with Crippen LogP contribution in [0.5, 0.6) is 0 Å². The van der Waals surface area contributed by atoms with Crippen molar-refractivity contribution in [3.8, 4) is 0 Å². The van der Waals surface area contributed by atoms with E-state index in [1.807, 2.05) is 0 Å². The van der Waals surface area contributed by atoms with Crippen molar-refractivity contribution >= 4 is 23.8 Å². The molecule has 0 fully saturated rings. The number of carbonyl (C=O) groups excluding carboxylic acids is 2. The van der Waals surface area contributed by atoms with Gasteiger partial charge in [-0.25, -0.2) is 14.6 Å². The van der Waals surface area contributed by atoms with Crippen molar-refractivity contribution in [3.05, 3.63) is 18.2 Å². The number of hydrogen-bond acceptors (Lipinski definition) is 7. The summed E-state index contributed by atoms with van der Waals surface area (Å²) in [5.41, 5.74) is 11.3. The summed E-state index contributed by atoms with van der Waals surface area (Å²) in [4.78, 5) is 50.7. The molecule has 0 spiro atoms. The molecule has 0 saturated heterocycles. The molecule has 1 aromatic rings. The number of nitrogens with one attached hydrogen (secondary N) is 3. The van der Waals surface area contributed by atoms with Crippen molar-refractivity contribution in [3.63, 3.8) is 0 Å². The minimum atomic E-state index is -5.08. The largest absolute Gasteiger partial charge is 0.490 e. The minimum Gasteiger partial charge on any atom is -0.480 e. The first-order valence-corrected chi connectivity index (χ1v) is 8.92. The van der Waals surface area contributed by atoms with Crippen molar-refractivity contribution in [2.75, 3.05) is 13.1 Å². The Morgan fingerprint density at radius 1 is 1.10 bits per heavy atom.